The molecule has 1 N–H and O–H groups in total. The van der Waals surface area contributed by atoms with Crippen molar-refractivity contribution in [3.63, 3.8) is 0 Å². The van der Waals surface area contributed by atoms with Gasteiger partial charge in [-0.2, -0.15) is 0 Å². The normalized spacial score (nSPS) is 45.4. The molecule has 0 aliphatic heterocycles. The van der Waals surface area contributed by atoms with Gasteiger partial charge in [-0.1, -0.05) is 44.2 Å². The summed E-state index contributed by atoms with van der Waals surface area (Å²) in [7, 11) is 0. The van der Waals surface area contributed by atoms with E-state index in [1.807, 2.05) is 0 Å². The maximum absolute atomic E-state index is 12.0. The Balaban J connectivity index is 1.31. The number of rotatable bonds is 4. The summed E-state index contributed by atoms with van der Waals surface area (Å²) in [5, 5.41) is 12.0. The summed E-state index contributed by atoms with van der Waals surface area (Å²) in [6.45, 7) is 6.53. The molecule has 0 radical (unpaired) electrons. The van der Waals surface area contributed by atoms with Crippen LogP contribution in [-0.4, -0.2) is 22.8 Å². The van der Waals surface area contributed by atoms with Gasteiger partial charge in [0.1, 0.15) is 6.10 Å². The summed E-state index contributed by atoms with van der Waals surface area (Å²) in [6, 6.07) is 10.7. The molecule has 32 heavy (non-hydrogen) atoms. The van der Waals surface area contributed by atoms with Crippen molar-refractivity contribution in [2.45, 2.75) is 103 Å². The molecule has 8 unspecified atom stereocenters. The second-order valence-corrected chi connectivity index (χ2v) is 12.2. The molecule has 4 fully saturated rings. The standard InChI is InChI=1S/C29H42O3/c1-20(30)32-23-12-15-27(2)22(19-23)9-10-24-25(27)13-16-28(3)26(24)14-18-29(28,31)17-11-21-7-5-4-6-8-21/h4-8,22-26,31H,9-19H2,1-3H3. The molecule has 1 aromatic carbocycles. The van der Waals surface area contributed by atoms with Crippen LogP contribution in [0.4, 0.5) is 0 Å². The van der Waals surface area contributed by atoms with Crippen molar-refractivity contribution in [3.05, 3.63) is 35.9 Å². The molecule has 0 saturated heterocycles. The van der Waals surface area contributed by atoms with Crippen LogP contribution in [0.15, 0.2) is 30.3 Å². The molecule has 3 nitrogen and oxygen atoms in total. The third-order valence-electron chi connectivity index (χ3n) is 10.9. The fourth-order valence-corrected chi connectivity index (χ4v) is 9.08. The molecule has 0 bridgehead atoms. The first kappa shape index (κ1) is 22.4. The molecular formula is C29H42O3. The Labute approximate surface area is 194 Å². The Bertz CT molecular complexity index is 836. The fraction of sp³-hybridized carbons (Fsp3) is 0.759. The summed E-state index contributed by atoms with van der Waals surface area (Å²) in [5.41, 5.74) is 1.26. The predicted octanol–water partition coefficient (Wildman–Crippen LogP) is 6.32. The van der Waals surface area contributed by atoms with Crippen molar-refractivity contribution in [1.29, 1.82) is 0 Å². The quantitative estimate of drug-likeness (QED) is 0.559. The van der Waals surface area contributed by atoms with Gasteiger partial charge in [-0.3, -0.25) is 4.79 Å². The Morgan fingerprint density at radius 2 is 1.75 bits per heavy atom. The maximum atomic E-state index is 12.0. The zero-order chi connectivity index (χ0) is 22.6. The number of hydrogen-bond acceptors (Lipinski definition) is 3. The Kier molecular flexibility index (Phi) is 5.72. The van der Waals surface area contributed by atoms with Gasteiger partial charge < -0.3 is 9.84 Å². The van der Waals surface area contributed by atoms with E-state index in [2.05, 4.69) is 44.2 Å². The van der Waals surface area contributed by atoms with Crippen LogP contribution < -0.4 is 0 Å². The van der Waals surface area contributed by atoms with E-state index in [0.29, 0.717) is 17.3 Å². The summed E-state index contributed by atoms with van der Waals surface area (Å²) < 4.78 is 5.63. The minimum Gasteiger partial charge on any atom is -0.463 e. The lowest BCUT2D eigenvalue weighted by Crippen LogP contribution is -2.57. The lowest BCUT2D eigenvalue weighted by Gasteiger charge is -2.61. The first-order valence-corrected chi connectivity index (χ1v) is 13.2. The minimum absolute atomic E-state index is 0.0566. The van der Waals surface area contributed by atoms with E-state index in [4.69, 9.17) is 4.74 Å². The van der Waals surface area contributed by atoms with Crippen molar-refractivity contribution < 1.29 is 14.6 Å². The minimum atomic E-state index is -0.525. The monoisotopic (exact) mass is 438 g/mol. The van der Waals surface area contributed by atoms with Gasteiger partial charge >= 0.3 is 5.97 Å². The first-order chi connectivity index (χ1) is 15.3. The number of benzene rings is 1. The van der Waals surface area contributed by atoms with Gasteiger partial charge in [-0.15, -0.1) is 0 Å². The highest BCUT2D eigenvalue weighted by Crippen LogP contribution is 2.68. The number of hydrogen-bond donors (Lipinski definition) is 1. The number of aryl methyl sites for hydroxylation is 1. The van der Waals surface area contributed by atoms with Crippen molar-refractivity contribution in [3.8, 4) is 0 Å². The highest BCUT2D eigenvalue weighted by Gasteiger charge is 2.64. The van der Waals surface area contributed by atoms with Crippen molar-refractivity contribution >= 4 is 5.97 Å². The number of esters is 1. The predicted molar refractivity (Wildman–Crippen MR) is 127 cm³/mol. The zero-order valence-electron chi connectivity index (χ0n) is 20.3. The van der Waals surface area contributed by atoms with Gasteiger partial charge in [-0.25, -0.2) is 0 Å². The van der Waals surface area contributed by atoms with Crippen molar-refractivity contribution in [2.75, 3.05) is 0 Å². The van der Waals surface area contributed by atoms with E-state index in [9.17, 15) is 9.90 Å². The number of carbonyl (C=O) groups excluding carboxylic acids is 1. The van der Waals surface area contributed by atoms with Crippen molar-refractivity contribution in [2.24, 2.45) is 34.5 Å². The molecule has 0 spiro atoms. The molecule has 0 amide bonds. The van der Waals surface area contributed by atoms with Gasteiger partial charge in [0.15, 0.2) is 0 Å². The number of carbonyl (C=O) groups is 1. The van der Waals surface area contributed by atoms with E-state index in [1.165, 1.54) is 44.1 Å². The van der Waals surface area contributed by atoms with E-state index >= 15 is 0 Å². The molecule has 8 atom stereocenters. The van der Waals surface area contributed by atoms with Gasteiger partial charge in [0.25, 0.3) is 0 Å². The van der Waals surface area contributed by atoms with Crippen molar-refractivity contribution in [1.82, 2.24) is 0 Å². The van der Waals surface area contributed by atoms with E-state index < -0.39 is 5.60 Å². The molecule has 4 saturated carbocycles. The second-order valence-electron chi connectivity index (χ2n) is 12.2. The molecule has 1 aromatic rings. The Morgan fingerprint density at radius 1 is 1.00 bits per heavy atom. The molecule has 4 aliphatic carbocycles. The van der Waals surface area contributed by atoms with Gasteiger partial charge in [0, 0.05) is 6.92 Å². The molecule has 176 valence electrons. The highest BCUT2D eigenvalue weighted by molar-refractivity contribution is 5.66. The van der Waals surface area contributed by atoms with Gasteiger partial charge in [0.05, 0.1) is 5.60 Å². The highest BCUT2D eigenvalue weighted by atomic mass is 16.5. The van der Waals surface area contributed by atoms with E-state index in [1.54, 1.807) is 6.92 Å². The third-order valence-corrected chi connectivity index (χ3v) is 10.9. The smallest absolute Gasteiger partial charge is 0.302 e. The maximum Gasteiger partial charge on any atom is 0.302 e. The van der Waals surface area contributed by atoms with Crippen LogP contribution in [0.1, 0.15) is 90.5 Å². The molecule has 0 aromatic heterocycles. The zero-order valence-corrected chi connectivity index (χ0v) is 20.3. The Morgan fingerprint density at radius 3 is 2.50 bits per heavy atom. The SMILES string of the molecule is CC(=O)OC1CCC2(C)C(CCC3C2CCC2(C)C3CCC2(O)CCc2ccccc2)C1. The topological polar surface area (TPSA) is 46.5 Å². The van der Waals surface area contributed by atoms with E-state index in [0.717, 1.165) is 43.9 Å². The third kappa shape index (κ3) is 3.54. The lowest BCUT2D eigenvalue weighted by atomic mass is 9.44. The van der Waals surface area contributed by atoms with Gasteiger partial charge in [-0.05, 0) is 111 Å². The summed E-state index contributed by atoms with van der Waals surface area (Å²) in [4.78, 5) is 11.5. The Hall–Kier alpha value is -1.35. The van der Waals surface area contributed by atoms with Crippen LogP contribution in [0.25, 0.3) is 0 Å². The number of aliphatic hydroxyl groups is 1. The summed E-state index contributed by atoms with van der Waals surface area (Å²) >= 11 is 0. The van der Waals surface area contributed by atoms with Crippen LogP contribution >= 0.6 is 0 Å². The fourth-order valence-electron chi connectivity index (χ4n) is 9.08. The summed E-state index contributed by atoms with van der Waals surface area (Å²) in [6.07, 6.45) is 12.4. The van der Waals surface area contributed by atoms with Gasteiger partial charge in [0.2, 0.25) is 0 Å². The average Bonchev–Trinajstić information content (AvgIpc) is 3.04. The molecule has 3 heteroatoms. The summed E-state index contributed by atoms with van der Waals surface area (Å²) in [5.74, 6) is 2.75. The number of ether oxygens (including phenoxy) is 1. The first-order valence-electron chi connectivity index (χ1n) is 13.2. The molecule has 0 heterocycles. The van der Waals surface area contributed by atoms with Crippen LogP contribution in [0.5, 0.6) is 0 Å². The van der Waals surface area contributed by atoms with E-state index in [-0.39, 0.29) is 17.5 Å². The van der Waals surface area contributed by atoms with Crippen LogP contribution in [0.3, 0.4) is 0 Å². The average molecular weight is 439 g/mol. The lowest BCUT2D eigenvalue weighted by molar-refractivity contribution is -0.170. The second kappa shape index (κ2) is 8.15. The largest absolute Gasteiger partial charge is 0.463 e. The van der Waals surface area contributed by atoms with Crippen LogP contribution in [-0.2, 0) is 16.0 Å². The molecule has 5 rings (SSSR count). The van der Waals surface area contributed by atoms with Crippen LogP contribution in [0, 0.1) is 34.5 Å². The molecular weight excluding hydrogens is 396 g/mol. The molecule has 4 aliphatic rings. The number of fused-ring (bicyclic) bond motifs is 5. The van der Waals surface area contributed by atoms with Crippen LogP contribution in [0.2, 0.25) is 0 Å².